The summed E-state index contributed by atoms with van der Waals surface area (Å²) >= 11 is 0. The molecule has 0 radical (unpaired) electrons. The van der Waals surface area contributed by atoms with Crippen LogP contribution in [0.2, 0.25) is 0 Å². The van der Waals surface area contributed by atoms with Crippen LogP contribution in [0.5, 0.6) is 0 Å². The fourth-order valence-corrected chi connectivity index (χ4v) is 3.65. The van der Waals surface area contributed by atoms with E-state index in [1.165, 1.54) is 12.8 Å². The third-order valence-electron chi connectivity index (χ3n) is 5.00. The van der Waals surface area contributed by atoms with Crippen molar-refractivity contribution in [2.45, 2.75) is 32.4 Å². The highest BCUT2D eigenvalue weighted by Gasteiger charge is 2.23. The Balaban J connectivity index is 1.71. The summed E-state index contributed by atoms with van der Waals surface area (Å²) in [6, 6.07) is 8.41. The van der Waals surface area contributed by atoms with Crippen LogP contribution in [0.25, 0.3) is 10.9 Å². The number of carbonyl (C=O) groups excluding carboxylic acids is 1. The Morgan fingerprint density at radius 2 is 2.25 bits per heavy atom. The zero-order valence-corrected chi connectivity index (χ0v) is 14.6. The van der Waals surface area contributed by atoms with Crippen LogP contribution in [0.3, 0.4) is 0 Å². The molecule has 2 aromatic rings. The number of nitrogens with zero attached hydrogens (tertiary/aromatic N) is 2. The lowest BCUT2D eigenvalue weighted by Gasteiger charge is -2.22. The van der Waals surface area contributed by atoms with Crippen LogP contribution in [0.1, 0.15) is 30.1 Å². The minimum Gasteiger partial charge on any atom is -0.383 e. The van der Waals surface area contributed by atoms with Gasteiger partial charge in [0.1, 0.15) is 0 Å². The fraction of sp³-hybridized carbons (Fsp3) is 0.526. The summed E-state index contributed by atoms with van der Waals surface area (Å²) in [5.74, 6) is 0.0213. The summed E-state index contributed by atoms with van der Waals surface area (Å²) in [5.41, 5.74) is 1.83. The molecule has 1 N–H and O–H groups in total. The Morgan fingerprint density at radius 1 is 1.38 bits per heavy atom. The summed E-state index contributed by atoms with van der Waals surface area (Å²) in [5, 5.41) is 4.14. The maximum Gasteiger partial charge on any atom is 0.252 e. The van der Waals surface area contributed by atoms with E-state index in [1.807, 2.05) is 24.4 Å². The first kappa shape index (κ1) is 17.0. The van der Waals surface area contributed by atoms with Crippen LogP contribution in [-0.4, -0.2) is 54.8 Å². The lowest BCUT2D eigenvalue weighted by Crippen LogP contribution is -2.40. The normalized spacial score (nSPS) is 18.3. The van der Waals surface area contributed by atoms with Crippen molar-refractivity contribution in [3.05, 3.63) is 36.0 Å². The SMILES string of the molecule is CCN1CCC[C@H]1CNC(=O)c1cccc2c1ccn2CCOC. The van der Waals surface area contributed by atoms with Gasteiger partial charge in [0.15, 0.2) is 0 Å². The van der Waals surface area contributed by atoms with Gasteiger partial charge in [-0.15, -0.1) is 0 Å². The van der Waals surface area contributed by atoms with Gasteiger partial charge < -0.3 is 14.6 Å². The monoisotopic (exact) mass is 329 g/mol. The lowest BCUT2D eigenvalue weighted by molar-refractivity contribution is 0.0943. The highest BCUT2D eigenvalue weighted by molar-refractivity contribution is 6.06. The summed E-state index contributed by atoms with van der Waals surface area (Å²) in [6.07, 6.45) is 4.42. The molecule has 2 heterocycles. The first-order valence-corrected chi connectivity index (χ1v) is 8.83. The number of rotatable bonds is 7. The van der Waals surface area contributed by atoms with Gasteiger partial charge in [-0.05, 0) is 44.1 Å². The van der Waals surface area contributed by atoms with Crippen LogP contribution in [-0.2, 0) is 11.3 Å². The number of methoxy groups -OCH3 is 1. The molecular formula is C19H27N3O2. The largest absolute Gasteiger partial charge is 0.383 e. The molecule has 1 aliphatic rings. The van der Waals surface area contributed by atoms with Crippen LogP contribution in [0.4, 0.5) is 0 Å². The van der Waals surface area contributed by atoms with Crippen LogP contribution >= 0.6 is 0 Å². The molecule has 1 aromatic heterocycles. The summed E-state index contributed by atoms with van der Waals surface area (Å²) in [7, 11) is 1.70. The van der Waals surface area contributed by atoms with Gasteiger partial charge in [0.2, 0.25) is 0 Å². The third kappa shape index (κ3) is 3.47. The van der Waals surface area contributed by atoms with Gasteiger partial charge in [-0.25, -0.2) is 0 Å². The van der Waals surface area contributed by atoms with Gasteiger partial charge >= 0.3 is 0 Å². The number of hydrogen-bond donors (Lipinski definition) is 1. The molecule has 1 amide bonds. The Kier molecular flexibility index (Phi) is 5.53. The quantitative estimate of drug-likeness (QED) is 0.849. The zero-order chi connectivity index (χ0) is 16.9. The van der Waals surface area contributed by atoms with Crippen molar-refractivity contribution in [1.82, 2.24) is 14.8 Å². The second-order valence-corrected chi connectivity index (χ2v) is 6.37. The van der Waals surface area contributed by atoms with E-state index < -0.39 is 0 Å². The van der Waals surface area contributed by atoms with Crippen molar-refractivity contribution >= 4 is 16.8 Å². The molecule has 1 saturated heterocycles. The Hall–Kier alpha value is -1.85. The summed E-state index contributed by atoms with van der Waals surface area (Å²) in [4.78, 5) is 15.1. The van der Waals surface area contributed by atoms with Gasteiger partial charge in [0.25, 0.3) is 5.91 Å². The average molecular weight is 329 g/mol. The Labute approximate surface area is 143 Å². The maximum atomic E-state index is 12.7. The van der Waals surface area contributed by atoms with Gasteiger partial charge in [-0.2, -0.15) is 0 Å². The van der Waals surface area contributed by atoms with Crippen LogP contribution < -0.4 is 5.32 Å². The number of aromatic nitrogens is 1. The molecule has 0 saturated carbocycles. The van der Waals surface area contributed by atoms with Gasteiger partial charge in [0, 0.05) is 48.9 Å². The van der Waals surface area contributed by atoms with Crippen molar-refractivity contribution < 1.29 is 9.53 Å². The fourth-order valence-electron chi connectivity index (χ4n) is 3.65. The molecule has 0 unspecified atom stereocenters. The van der Waals surface area contributed by atoms with E-state index >= 15 is 0 Å². The van der Waals surface area contributed by atoms with E-state index in [4.69, 9.17) is 4.74 Å². The highest BCUT2D eigenvalue weighted by Crippen LogP contribution is 2.21. The van der Waals surface area contributed by atoms with Gasteiger partial charge in [-0.3, -0.25) is 9.69 Å². The maximum absolute atomic E-state index is 12.7. The third-order valence-corrected chi connectivity index (χ3v) is 5.00. The number of ether oxygens (including phenoxy) is 1. The predicted molar refractivity (Wildman–Crippen MR) is 96.4 cm³/mol. The Morgan fingerprint density at radius 3 is 3.04 bits per heavy atom. The molecule has 1 fully saturated rings. The summed E-state index contributed by atoms with van der Waals surface area (Å²) in [6.45, 7) is 6.57. The second kappa shape index (κ2) is 7.81. The molecule has 0 aliphatic carbocycles. The smallest absolute Gasteiger partial charge is 0.252 e. The second-order valence-electron chi connectivity index (χ2n) is 6.37. The van der Waals surface area contributed by atoms with Crippen molar-refractivity contribution in [3.8, 4) is 0 Å². The molecule has 3 rings (SSSR count). The number of carbonyl (C=O) groups is 1. The first-order valence-electron chi connectivity index (χ1n) is 8.83. The van der Waals surface area contributed by atoms with Crippen molar-refractivity contribution in [2.75, 3.05) is 33.4 Å². The number of likely N-dealkylation sites (N-methyl/N-ethyl adjacent to an activating group) is 1. The van der Waals surface area contributed by atoms with Crippen LogP contribution in [0, 0.1) is 0 Å². The van der Waals surface area contributed by atoms with Crippen molar-refractivity contribution in [2.24, 2.45) is 0 Å². The molecule has 1 atom stereocenters. The van der Waals surface area contributed by atoms with Gasteiger partial charge in [-0.1, -0.05) is 13.0 Å². The van der Waals surface area contributed by atoms with E-state index in [1.54, 1.807) is 7.11 Å². The van der Waals surface area contributed by atoms with E-state index in [9.17, 15) is 4.79 Å². The molecule has 130 valence electrons. The van der Waals surface area contributed by atoms with Crippen LogP contribution in [0.15, 0.2) is 30.5 Å². The van der Waals surface area contributed by atoms with E-state index in [0.717, 1.165) is 42.6 Å². The van der Waals surface area contributed by atoms with E-state index in [2.05, 4.69) is 27.8 Å². The molecule has 24 heavy (non-hydrogen) atoms. The standard InChI is InChI=1S/C19H27N3O2/c1-3-21-10-5-6-15(21)14-20-19(23)17-7-4-8-18-16(17)9-11-22(18)12-13-24-2/h4,7-9,11,15H,3,5-6,10,12-14H2,1-2H3,(H,20,23)/t15-/m0/s1. The average Bonchev–Trinajstić information content (AvgIpc) is 3.23. The number of likely N-dealkylation sites (tertiary alicyclic amines) is 1. The topological polar surface area (TPSA) is 46.5 Å². The number of hydrogen-bond acceptors (Lipinski definition) is 3. The molecule has 0 bridgehead atoms. The number of nitrogens with one attached hydrogen (secondary N) is 1. The van der Waals surface area contributed by atoms with Gasteiger partial charge in [0.05, 0.1) is 6.61 Å². The molecule has 1 aromatic carbocycles. The molecular weight excluding hydrogens is 302 g/mol. The number of fused-ring (bicyclic) bond motifs is 1. The highest BCUT2D eigenvalue weighted by atomic mass is 16.5. The Bertz CT molecular complexity index is 695. The number of amides is 1. The minimum absolute atomic E-state index is 0.0213. The lowest BCUT2D eigenvalue weighted by atomic mass is 10.1. The molecule has 1 aliphatic heterocycles. The first-order chi connectivity index (χ1) is 11.7. The molecule has 0 spiro atoms. The molecule has 5 heteroatoms. The molecule has 5 nitrogen and oxygen atoms in total. The van der Waals surface area contributed by atoms with Crippen molar-refractivity contribution in [1.29, 1.82) is 0 Å². The predicted octanol–water partition coefficient (Wildman–Crippen LogP) is 2.50. The van der Waals surface area contributed by atoms with E-state index in [0.29, 0.717) is 12.6 Å². The summed E-state index contributed by atoms with van der Waals surface area (Å²) < 4.78 is 7.28. The number of benzene rings is 1. The van der Waals surface area contributed by atoms with Crippen molar-refractivity contribution in [3.63, 3.8) is 0 Å². The van der Waals surface area contributed by atoms with E-state index in [-0.39, 0.29) is 5.91 Å². The zero-order valence-electron chi connectivity index (χ0n) is 14.6. The minimum atomic E-state index is 0.0213.